The minimum absolute atomic E-state index is 0.0257. The summed E-state index contributed by atoms with van der Waals surface area (Å²) >= 11 is 0. The lowest BCUT2D eigenvalue weighted by atomic mass is 10.4. The molecule has 28 heavy (non-hydrogen) atoms. The third kappa shape index (κ3) is 3.53. The molecule has 0 unspecified atom stereocenters. The third-order valence-corrected chi connectivity index (χ3v) is 7.43. The summed E-state index contributed by atoms with van der Waals surface area (Å²) in [6.45, 7) is 8.36. The number of benzene rings is 2. The first-order valence-corrected chi connectivity index (χ1v) is 10.9. The molecule has 4 aromatic rings. The van der Waals surface area contributed by atoms with Crippen molar-refractivity contribution in [3.63, 3.8) is 0 Å². The van der Waals surface area contributed by atoms with Crippen LogP contribution in [0.5, 0.6) is 0 Å². The summed E-state index contributed by atoms with van der Waals surface area (Å²) in [7, 11) is -0.772. The van der Waals surface area contributed by atoms with Gasteiger partial charge in [-0.3, -0.25) is 0 Å². The van der Waals surface area contributed by atoms with Crippen LogP contribution in [0.1, 0.15) is 28.7 Å². The highest BCUT2D eigenvalue weighted by atomic mass is 31.1. The molecule has 0 N–H and O–H groups in total. The first-order chi connectivity index (χ1) is 13.5. The Morgan fingerprint density at radius 2 is 1.04 bits per heavy atom. The van der Waals surface area contributed by atoms with Crippen LogP contribution in [0.2, 0.25) is 0 Å². The average Bonchev–Trinajstić information content (AvgIpc) is 3.20. The fourth-order valence-electron chi connectivity index (χ4n) is 3.68. The van der Waals surface area contributed by atoms with Crippen LogP contribution in [0.4, 0.5) is 0 Å². The summed E-state index contributed by atoms with van der Waals surface area (Å²) < 4.78 is 4.31. The molecule has 0 aliphatic rings. The largest absolute Gasteiger partial charge is 0.240 e. The molecule has 0 atom stereocenters. The Morgan fingerprint density at radius 3 is 1.36 bits per heavy atom. The molecule has 0 aliphatic carbocycles. The number of rotatable bonds is 5. The zero-order chi connectivity index (χ0) is 19.7. The number of hydrogen-bond donors (Lipinski definition) is 0. The number of aryl methyl sites for hydroxylation is 4. The Balaban J connectivity index is 1.99. The van der Waals surface area contributed by atoms with E-state index < -0.39 is 7.92 Å². The van der Waals surface area contributed by atoms with Gasteiger partial charge < -0.3 is 0 Å². The molecule has 142 valence electrons. The van der Waals surface area contributed by atoms with Crippen LogP contribution in [-0.4, -0.2) is 19.6 Å². The van der Waals surface area contributed by atoms with Gasteiger partial charge in [-0.2, -0.15) is 10.2 Å². The van der Waals surface area contributed by atoms with E-state index in [0.29, 0.717) is 0 Å². The summed E-state index contributed by atoms with van der Waals surface area (Å²) in [5.41, 5.74) is 4.35. The van der Waals surface area contributed by atoms with Gasteiger partial charge in [0, 0.05) is 19.3 Å². The van der Waals surface area contributed by atoms with Gasteiger partial charge in [0.2, 0.25) is 0 Å². The van der Waals surface area contributed by atoms with Crippen LogP contribution in [-0.2, 0) is 0 Å². The number of nitrogens with zero attached hydrogens (tertiary/aromatic N) is 4. The van der Waals surface area contributed by atoms with Crippen molar-refractivity contribution < 1.29 is 0 Å². The summed E-state index contributed by atoms with van der Waals surface area (Å²) in [5, 5.41) is 12.4. The first-order valence-electron chi connectivity index (χ1n) is 9.49. The van der Waals surface area contributed by atoms with E-state index in [0.717, 1.165) is 22.8 Å². The molecule has 0 spiro atoms. The van der Waals surface area contributed by atoms with Gasteiger partial charge >= 0.3 is 0 Å². The Labute approximate surface area is 167 Å². The molecular formula is C23H25N4P. The van der Waals surface area contributed by atoms with Gasteiger partial charge in [-0.1, -0.05) is 60.7 Å². The molecule has 4 nitrogen and oxygen atoms in total. The van der Waals surface area contributed by atoms with Crippen molar-refractivity contribution >= 4 is 18.5 Å². The predicted octanol–water partition coefficient (Wildman–Crippen LogP) is 4.45. The maximum Gasteiger partial charge on any atom is 0.170 e. The molecule has 0 amide bonds. The number of hydrogen-bond acceptors (Lipinski definition) is 2. The van der Waals surface area contributed by atoms with Crippen molar-refractivity contribution in [2.75, 3.05) is 0 Å². The lowest BCUT2D eigenvalue weighted by Gasteiger charge is -2.31. The van der Waals surface area contributed by atoms with Gasteiger partial charge in [-0.05, 0) is 50.4 Å². The van der Waals surface area contributed by atoms with Gasteiger partial charge in [-0.25, -0.2) is 9.36 Å². The van der Waals surface area contributed by atoms with Crippen molar-refractivity contribution in [1.82, 2.24) is 19.6 Å². The van der Waals surface area contributed by atoms with E-state index >= 15 is 0 Å². The van der Waals surface area contributed by atoms with Crippen molar-refractivity contribution in [1.29, 1.82) is 0 Å². The van der Waals surface area contributed by atoms with Crippen molar-refractivity contribution in [3.8, 4) is 0 Å². The quantitative estimate of drug-likeness (QED) is 0.474. The van der Waals surface area contributed by atoms with E-state index in [4.69, 9.17) is 10.2 Å². The van der Waals surface area contributed by atoms with E-state index in [1.807, 2.05) is 0 Å². The van der Waals surface area contributed by atoms with Gasteiger partial charge in [-0.15, -0.1) is 0 Å². The zero-order valence-electron chi connectivity index (χ0n) is 16.7. The molecule has 2 aromatic heterocycles. The standard InChI is InChI=1S/C23H25N4P/c1-17-15-19(3)26(24-17)23(27-20(4)16-18(2)25-27)28(21-11-7-5-8-12-21)22-13-9-6-10-14-22/h5-16,23H,1-4H3. The van der Waals surface area contributed by atoms with E-state index in [-0.39, 0.29) is 5.91 Å². The zero-order valence-corrected chi connectivity index (χ0v) is 17.6. The Morgan fingerprint density at radius 1 is 0.643 bits per heavy atom. The molecule has 0 radical (unpaired) electrons. The van der Waals surface area contributed by atoms with Crippen LogP contribution >= 0.6 is 7.92 Å². The highest BCUT2D eigenvalue weighted by Crippen LogP contribution is 2.47. The Bertz CT molecular complexity index is 981. The van der Waals surface area contributed by atoms with Gasteiger partial charge in [0.05, 0.1) is 11.4 Å². The molecule has 2 heterocycles. The third-order valence-electron chi connectivity index (χ3n) is 4.83. The normalized spacial score (nSPS) is 11.5. The summed E-state index contributed by atoms with van der Waals surface area (Å²) in [6.07, 6.45) is 0. The fraction of sp³-hybridized carbons (Fsp3) is 0.217. The number of aromatic nitrogens is 4. The van der Waals surface area contributed by atoms with Crippen LogP contribution in [0, 0.1) is 27.7 Å². The molecule has 0 fully saturated rings. The predicted molar refractivity (Wildman–Crippen MR) is 117 cm³/mol. The van der Waals surface area contributed by atoms with Crippen LogP contribution in [0.15, 0.2) is 72.8 Å². The fourth-order valence-corrected chi connectivity index (χ4v) is 6.40. The van der Waals surface area contributed by atoms with Crippen LogP contribution in [0.3, 0.4) is 0 Å². The Kier molecular flexibility index (Phi) is 5.15. The highest BCUT2D eigenvalue weighted by Gasteiger charge is 2.31. The maximum atomic E-state index is 4.88. The van der Waals surface area contributed by atoms with Gasteiger partial charge in [0.1, 0.15) is 0 Å². The van der Waals surface area contributed by atoms with Crippen molar-refractivity contribution in [2.45, 2.75) is 33.6 Å². The molecule has 0 saturated heterocycles. The van der Waals surface area contributed by atoms with E-state index in [9.17, 15) is 0 Å². The second-order valence-electron chi connectivity index (χ2n) is 7.13. The SMILES string of the molecule is Cc1cc(C)n(C(n2nc(C)cc2C)P(c2ccccc2)c2ccccc2)n1. The minimum Gasteiger partial charge on any atom is -0.240 e. The lowest BCUT2D eigenvalue weighted by molar-refractivity contribution is 0.460. The van der Waals surface area contributed by atoms with Crippen molar-refractivity contribution in [2.24, 2.45) is 0 Å². The molecular weight excluding hydrogens is 363 g/mol. The van der Waals surface area contributed by atoms with E-state index in [2.05, 4.69) is 110 Å². The highest BCUT2D eigenvalue weighted by molar-refractivity contribution is 7.73. The molecule has 2 aromatic carbocycles. The average molecular weight is 388 g/mol. The van der Waals surface area contributed by atoms with Gasteiger partial charge in [0.15, 0.2) is 5.91 Å². The van der Waals surface area contributed by atoms with E-state index in [1.54, 1.807) is 0 Å². The molecule has 0 bridgehead atoms. The first kappa shape index (κ1) is 18.6. The van der Waals surface area contributed by atoms with Crippen LogP contribution in [0.25, 0.3) is 0 Å². The van der Waals surface area contributed by atoms with Crippen molar-refractivity contribution in [3.05, 3.63) is 95.6 Å². The smallest absolute Gasteiger partial charge is 0.170 e. The van der Waals surface area contributed by atoms with E-state index in [1.165, 1.54) is 10.6 Å². The summed E-state index contributed by atoms with van der Waals surface area (Å²) in [4.78, 5) is 0. The topological polar surface area (TPSA) is 35.6 Å². The lowest BCUT2D eigenvalue weighted by Crippen LogP contribution is -2.29. The second kappa shape index (κ2) is 7.73. The Hall–Kier alpha value is -2.71. The monoisotopic (exact) mass is 388 g/mol. The van der Waals surface area contributed by atoms with Gasteiger partial charge in [0.25, 0.3) is 0 Å². The molecule has 0 aliphatic heterocycles. The molecule has 5 heteroatoms. The van der Waals surface area contributed by atoms with Crippen LogP contribution < -0.4 is 10.6 Å². The summed E-state index contributed by atoms with van der Waals surface area (Å²) in [5.74, 6) is -0.0257. The maximum absolute atomic E-state index is 4.88. The molecule has 0 saturated carbocycles. The summed E-state index contributed by atoms with van der Waals surface area (Å²) in [6, 6.07) is 25.8. The minimum atomic E-state index is -0.772. The molecule has 4 rings (SSSR count). The second-order valence-corrected chi connectivity index (χ2v) is 9.37.